The van der Waals surface area contributed by atoms with Crippen molar-refractivity contribution in [3.63, 3.8) is 0 Å². The maximum Gasteiger partial charge on any atom is 0.338 e. The summed E-state index contributed by atoms with van der Waals surface area (Å²) in [5.74, 6) is -0.403. The number of nitrogens with zero attached hydrogens (tertiary/aromatic N) is 1. The third kappa shape index (κ3) is 4.79. The molecule has 0 aliphatic carbocycles. The molecule has 1 saturated heterocycles. The number of carbonyl (C=O) groups is 2. The number of hydrogen-bond acceptors (Lipinski definition) is 6. The zero-order valence-corrected chi connectivity index (χ0v) is 16.3. The number of sulfonamides is 1. The molecule has 0 unspecified atom stereocenters. The molecule has 1 aromatic carbocycles. The lowest BCUT2D eigenvalue weighted by molar-refractivity contribution is -0.138. The van der Waals surface area contributed by atoms with Crippen LogP contribution < -0.4 is 4.72 Å². The van der Waals surface area contributed by atoms with Crippen molar-refractivity contribution in [3.05, 3.63) is 54.0 Å². The van der Waals surface area contributed by atoms with E-state index in [0.717, 1.165) is 12.8 Å². The van der Waals surface area contributed by atoms with E-state index in [4.69, 9.17) is 9.15 Å². The van der Waals surface area contributed by atoms with Gasteiger partial charge in [-0.25, -0.2) is 17.9 Å². The maximum atomic E-state index is 12.3. The van der Waals surface area contributed by atoms with Crippen molar-refractivity contribution in [1.29, 1.82) is 0 Å². The first-order valence-electron chi connectivity index (χ1n) is 8.99. The third-order valence-electron chi connectivity index (χ3n) is 4.47. The zero-order chi connectivity index (χ0) is 20.1. The van der Waals surface area contributed by atoms with Crippen molar-refractivity contribution in [1.82, 2.24) is 9.62 Å². The van der Waals surface area contributed by atoms with E-state index in [0.29, 0.717) is 18.8 Å². The van der Waals surface area contributed by atoms with Crippen molar-refractivity contribution in [2.75, 3.05) is 13.1 Å². The van der Waals surface area contributed by atoms with Gasteiger partial charge in [0.15, 0.2) is 6.10 Å². The first-order chi connectivity index (χ1) is 13.4. The monoisotopic (exact) mass is 406 g/mol. The van der Waals surface area contributed by atoms with Crippen molar-refractivity contribution >= 4 is 21.9 Å². The molecule has 1 N–H and O–H groups in total. The highest BCUT2D eigenvalue weighted by molar-refractivity contribution is 7.89. The predicted molar refractivity (Wildman–Crippen MR) is 99.9 cm³/mol. The molecule has 0 radical (unpaired) electrons. The molecule has 2 heterocycles. The van der Waals surface area contributed by atoms with Crippen LogP contribution in [0, 0.1) is 0 Å². The Bertz CT molecular complexity index is 916. The molecule has 1 aromatic heterocycles. The minimum atomic E-state index is -3.75. The molecular formula is C19H22N2O6S. The van der Waals surface area contributed by atoms with Crippen LogP contribution >= 0.6 is 0 Å². The van der Waals surface area contributed by atoms with E-state index in [9.17, 15) is 18.0 Å². The lowest BCUT2D eigenvalue weighted by Gasteiger charge is -2.20. The standard InChI is InChI=1S/C19H22N2O6S/c1-14(18(22)21-10-2-3-11-21)27-19(23)15-6-8-17(9-7-15)28(24,25)20-13-16-5-4-12-26-16/h4-9,12,14,20H,2-3,10-11,13H2,1H3/t14-/m0/s1. The SMILES string of the molecule is C[C@H](OC(=O)c1ccc(S(=O)(=O)NCc2ccco2)cc1)C(=O)N1CCCC1. The fourth-order valence-electron chi connectivity index (χ4n) is 2.91. The number of nitrogens with one attached hydrogen (secondary N) is 1. The van der Waals surface area contributed by atoms with E-state index in [1.54, 1.807) is 17.0 Å². The molecule has 0 bridgehead atoms. The summed E-state index contributed by atoms with van der Waals surface area (Å²) in [5, 5.41) is 0. The fraction of sp³-hybridized carbons (Fsp3) is 0.368. The molecule has 150 valence electrons. The molecule has 9 heteroatoms. The Morgan fingerprint density at radius 3 is 2.46 bits per heavy atom. The summed E-state index contributed by atoms with van der Waals surface area (Å²) < 4.78 is 37.3. The van der Waals surface area contributed by atoms with E-state index in [-0.39, 0.29) is 22.9 Å². The Balaban J connectivity index is 1.59. The predicted octanol–water partition coefficient (Wildman–Crippen LogP) is 1.93. The normalized spacial score (nSPS) is 15.4. The van der Waals surface area contributed by atoms with Crippen LogP contribution in [0.3, 0.4) is 0 Å². The molecule has 0 spiro atoms. The average molecular weight is 406 g/mol. The number of likely N-dealkylation sites (tertiary alicyclic amines) is 1. The number of hydrogen-bond donors (Lipinski definition) is 1. The van der Waals surface area contributed by atoms with Crippen LogP contribution in [0.5, 0.6) is 0 Å². The fourth-order valence-corrected chi connectivity index (χ4v) is 3.90. The summed E-state index contributed by atoms with van der Waals surface area (Å²) in [5.41, 5.74) is 0.172. The van der Waals surface area contributed by atoms with Gasteiger partial charge in [-0.3, -0.25) is 4.79 Å². The van der Waals surface area contributed by atoms with Crippen LogP contribution in [0.25, 0.3) is 0 Å². The van der Waals surface area contributed by atoms with E-state index >= 15 is 0 Å². The van der Waals surface area contributed by atoms with E-state index in [2.05, 4.69) is 4.72 Å². The molecule has 1 fully saturated rings. The molecule has 0 saturated carbocycles. The summed E-state index contributed by atoms with van der Waals surface area (Å²) in [6.45, 7) is 2.92. The van der Waals surface area contributed by atoms with Crippen LogP contribution in [0.2, 0.25) is 0 Å². The van der Waals surface area contributed by atoms with Gasteiger partial charge in [0.1, 0.15) is 5.76 Å². The molecule has 1 amide bonds. The largest absolute Gasteiger partial charge is 0.468 e. The smallest absolute Gasteiger partial charge is 0.338 e. The topological polar surface area (TPSA) is 106 Å². The highest BCUT2D eigenvalue weighted by atomic mass is 32.2. The maximum absolute atomic E-state index is 12.3. The van der Waals surface area contributed by atoms with Gasteiger partial charge in [-0.05, 0) is 56.2 Å². The first kappa shape index (κ1) is 20.1. The molecule has 28 heavy (non-hydrogen) atoms. The minimum absolute atomic E-state index is 0.0109. The number of carbonyl (C=O) groups excluding carboxylic acids is 2. The number of benzene rings is 1. The van der Waals surface area contributed by atoms with Crippen LogP contribution in [0.4, 0.5) is 0 Å². The number of amides is 1. The summed E-state index contributed by atoms with van der Waals surface area (Å²) in [6, 6.07) is 8.67. The van der Waals surface area contributed by atoms with Gasteiger partial charge in [0, 0.05) is 13.1 Å². The Hall–Kier alpha value is -2.65. The summed E-state index contributed by atoms with van der Waals surface area (Å²) in [6.07, 6.45) is 2.48. The van der Waals surface area contributed by atoms with Crippen LogP contribution in [0.15, 0.2) is 52.0 Å². The van der Waals surface area contributed by atoms with Gasteiger partial charge < -0.3 is 14.1 Å². The van der Waals surface area contributed by atoms with E-state index in [1.807, 2.05) is 0 Å². The number of furan rings is 1. The lowest BCUT2D eigenvalue weighted by Crippen LogP contribution is -2.38. The van der Waals surface area contributed by atoms with Crippen LogP contribution in [0.1, 0.15) is 35.9 Å². The van der Waals surface area contributed by atoms with Gasteiger partial charge in [-0.1, -0.05) is 0 Å². The van der Waals surface area contributed by atoms with Crippen molar-refractivity contribution < 1.29 is 27.2 Å². The molecule has 1 aliphatic heterocycles. The Morgan fingerprint density at radius 2 is 1.86 bits per heavy atom. The lowest BCUT2D eigenvalue weighted by atomic mass is 10.2. The Labute approximate surface area is 163 Å². The Morgan fingerprint density at radius 1 is 1.18 bits per heavy atom. The van der Waals surface area contributed by atoms with Crippen LogP contribution in [-0.4, -0.2) is 44.4 Å². The summed E-state index contributed by atoms with van der Waals surface area (Å²) >= 11 is 0. The highest BCUT2D eigenvalue weighted by Gasteiger charge is 2.26. The zero-order valence-electron chi connectivity index (χ0n) is 15.5. The van der Waals surface area contributed by atoms with Gasteiger partial charge in [-0.15, -0.1) is 0 Å². The van der Waals surface area contributed by atoms with Crippen LogP contribution in [-0.2, 0) is 26.1 Å². The molecule has 1 aliphatic rings. The molecule has 8 nitrogen and oxygen atoms in total. The van der Waals surface area contributed by atoms with E-state index in [1.165, 1.54) is 37.5 Å². The second kappa shape index (κ2) is 8.57. The summed E-state index contributed by atoms with van der Waals surface area (Å²) in [4.78, 5) is 26.2. The highest BCUT2D eigenvalue weighted by Crippen LogP contribution is 2.15. The van der Waals surface area contributed by atoms with Gasteiger partial charge >= 0.3 is 5.97 Å². The Kier molecular flexibility index (Phi) is 6.15. The molecule has 3 rings (SSSR count). The number of ether oxygens (including phenoxy) is 1. The first-order valence-corrected chi connectivity index (χ1v) is 10.5. The molecular weight excluding hydrogens is 384 g/mol. The van der Waals surface area contributed by atoms with Crippen molar-refractivity contribution in [2.45, 2.75) is 37.3 Å². The van der Waals surface area contributed by atoms with Gasteiger partial charge in [0.2, 0.25) is 10.0 Å². The van der Waals surface area contributed by atoms with Gasteiger partial charge in [0.05, 0.1) is 23.3 Å². The minimum Gasteiger partial charge on any atom is -0.468 e. The average Bonchev–Trinajstić information content (AvgIpc) is 3.39. The van der Waals surface area contributed by atoms with Crippen molar-refractivity contribution in [2.24, 2.45) is 0 Å². The second-order valence-electron chi connectivity index (χ2n) is 6.51. The van der Waals surface area contributed by atoms with Gasteiger partial charge in [0.25, 0.3) is 5.91 Å². The summed E-state index contributed by atoms with van der Waals surface area (Å²) in [7, 11) is -3.75. The second-order valence-corrected chi connectivity index (χ2v) is 8.28. The number of esters is 1. The molecule has 2 aromatic rings. The van der Waals surface area contributed by atoms with Gasteiger partial charge in [-0.2, -0.15) is 0 Å². The molecule has 1 atom stereocenters. The number of rotatable bonds is 7. The third-order valence-corrected chi connectivity index (χ3v) is 5.88. The quantitative estimate of drug-likeness (QED) is 0.704. The van der Waals surface area contributed by atoms with Crippen molar-refractivity contribution in [3.8, 4) is 0 Å². The van der Waals surface area contributed by atoms with E-state index < -0.39 is 22.1 Å².